The van der Waals surface area contributed by atoms with Gasteiger partial charge >= 0.3 is 0 Å². The summed E-state index contributed by atoms with van der Waals surface area (Å²) in [6.45, 7) is 1.63. The molecule has 1 aromatic rings. The number of benzene rings is 1. The number of nitrogen functional groups attached to an aromatic ring is 1. The summed E-state index contributed by atoms with van der Waals surface area (Å²) in [5.41, 5.74) is 7.10. The summed E-state index contributed by atoms with van der Waals surface area (Å²) in [6.07, 6.45) is 2.06. The van der Waals surface area contributed by atoms with Gasteiger partial charge in [-0.1, -0.05) is 0 Å². The second-order valence-electron chi connectivity index (χ2n) is 5.22. The molecule has 1 aliphatic heterocycles. The Morgan fingerprint density at radius 3 is 2.53 bits per heavy atom. The average Bonchev–Trinajstić information content (AvgIpc) is 2.41. The van der Waals surface area contributed by atoms with Crippen molar-refractivity contribution in [2.24, 2.45) is 0 Å². The van der Waals surface area contributed by atoms with Crippen molar-refractivity contribution >= 4 is 27.5 Å². The summed E-state index contributed by atoms with van der Waals surface area (Å²) in [7, 11) is 4.19. The smallest absolute Gasteiger partial charge is 0.253 e. The third kappa shape index (κ3) is 3.28. The van der Waals surface area contributed by atoms with Gasteiger partial charge < -0.3 is 15.5 Å². The van der Waals surface area contributed by atoms with Gasteiger partial charge in [0.05, 0.1) is 0 Å². The molecule has 4 nitrogen and oxygen atoms in total. The second-order valence-corrected chi connectivity index (χ2v) is 6.08. The molecule has 1 saturated heterocycles. The molecular weight excluding hydrogens is 306 g/mol. The highest BCUT2D eigenvalue weighted by Gasteiger charge is 2.24. The molecule has 1 aromatic carbocycles. The van der Waals surface area contributed by atoms with Crippen molar-refractivity contribution in [2.45, 2.75) is 18.9 Å². The van der Waals surface area contributed by atoms with Crippen LogP contribution in [-0.2, 0) is 0 Å². The minimum atomic E-state index is 0.0800. The highest BCUT2D eigenvalue weighted by molar-refractivity contribution is 9.10. The third-order valence-electron chi connectivity index (χ3n) is 3.72. The largest absolute Gasteiger partial charge is 0.398 e. The molecule has 19 heavy (non-hydrogen) atoms. The standard InChI is InChI=1S/C14H20BrN3O/c1-17(2)11-5-7-18(8-6-11)14(19)10-3-4-12(15)13(16)9-10/h3-4,9,11H,5-8,16H2,1-2H3. The lowest BCUT2D eigenvalue weighted by atomic mass is 10.0. The summed E-state index contributed by atoms with van der Waals surface area (Å²) in [5, 5.41) is 0. The van der Waals surface area contributed by atoms with Gasteiger partial charge in [0.15, 0.2) is 0 Å². The zero-order valence-electron chi connectivity index (χ0n) is 11.4. The summed E-state index contributed by atoms with van der Waals surface area (Å²) in [5.74, 6) is 0.0800. The van der Waals surface area contributed by atoms with Crippen LogP contribution in [0.15, 0.2) is 22.7 Å². The van der Waals surface area contributed by atoms with Crippen molar-refractivity contribution < 1.29 is 4.79 Å². The number of nitrogens with zero attached hydrogens (tertiary/aromatic N) is 2. The van der Waals surface area contributed by atoms with E-state index in [1.165, 1.54) is 0 Å². The molecule has 0 radical (unpaired) electrons. The van der Waals surface area contributed by atoms with E-state index in [-0.39, 0.29) is 5.91 Å². The first kappa shape index (κ1) is 14.3. The van der Waals surface area contributed by atoms with Crippen LogP contribution in [0.25, 0.3) is 0 Å². The minimum absolute atomic E-state index is 0.0800. The Kier molecular flexibility index (Phi) is 4.47. The fourth-order valence-electron chi connectivity index (χ4n) is 2.44. The summed E-state index contributed by atoms with van der Waals surface area (Å²) < 4.78 is 0.829. The number of hydrogen-bond donors (Lipinski definition) is 1. The van der Waals surface area contributed by atoms with Crippen LogP contribution in [0.5, 0.6) is 0 Å². The van der Waals surface area contributed by atoms with Gasteiger partial charge in [0.2, 0.25) is 0 Å². The number of anilines is 1. The molecule has 0 aliphatic carbocycles. The normalized spacial score (nSPS) is 16.9. The Labute approximate surface area is 122 Å². The maximum absolute atomic E-state index is 12.4. The molecule has 0 unspecified atom stereocenters. The van der Waals surface area contributed by atoms with Gasteiger partial charge in [0.25, 0.3) is 5.91 Å². The monoisotopic (exact) mass is 325 g/mol. The molecule has 1 heterocycles. The predicted octanol–water partition coefficient (Wildman–Crippen LogP) is 2.20. The Bertz CT molecular complexity index is 468. The Hall–Kier alpha value is -1.07. The number of carbonyl (C=O) groups is 1. The first-order chi connectivity index (χ1) is 8.99. The van der Waals surface area contributed by atoms with E-state index in [9.17, 15) is 4.79 Å². The summed E-state index contributed by atoms with van der Waals surface area (Å²) in [6, 6.07) is 5.97. The van der Waals surface area contributed by atoms with Crippen LogP contribution in [0, 0.1) is 0 Å². The van der Waals surface area contributed by atoms with Gasteiger partial charge in [-0.25, -0.2) is 0 Å². The number of halogens is 1. The van der Waals surface area contributed by atoms with E-state index in [0.29, 0.717) is 17.3 Å². The summed E-state index contributed by atoms with van der Waals surface area (Å²) in [4.78, 5) is 16.5. The van der Waals surface area contributed by atoms with Crippen LogP contribution in [-0.4, -0.2) is 48.9 Å². The Balaban J connectivity index is 2.03. The highest BCUT2D eigenvalue weighted by atomic mass is 79.9. The maximum atomic E-state index is 12.4. The lowest BCUT2D eigenvalue weighted by molar-refractivity contribution is 0.0663. The van der Waals surface area contributed by atoms with Crippen molar-refractivity contribution in [3.05, 3.63) is 28.2 Å². The van der Waals surface area contributed by atoms with E-state index < -0.39 is 0 Å². The fourth-order valence-corrected chi connectivity index (χ4v) is 2.69. The maximum Gasteiger partial charge on any atom is 0.253 e. The number of nitrogens with two attached hydrogens (primary N) is 1. The van der Waals surface area contributed by atoms with Gasteiger partial charge in [-0.3, -0.25) is 4.79 Å². The van der Waals surface area contributed by atoms with Gasteiger partial charge in [0, 0.05) is 34.9 Å². The number of carbonyl (C=O) groups excluding carboxylic acids is 1. The molecule has 5 heteroatoms. The number of rotatable bonds is 2. The molecule has 2 rings (SSSR count). The highest BCUT2D eigenvalue weighted by Crippen LogP contribution is 2.22. The predicted molar refractivity (Wildman–Crippen MR) is 81.2 cm³/mol. The van der Waals surface area contributed by atoms with Crippen molar-refractivity contribution in [3.63, 3.8) is 0 Å². The van der Waals surface area contributed by atoms with E-state index in [4.69, 9.17) is 5.73 Å². The second kappa shape index (κ2) is 5.92. The van der Waals surface area contributed by atoms with Crippen LogP contribution < -0.4 is 5.73 Å². The molecule has 0 bridgehead atoms. The zero-order chi connectivity index (χ0) is 14.0. The molecule has 1 aliphatic rings. The van der Waals surface area contributed by atoms with Crippen LogP contribution in [0.1, 0.15) is 23.2 Å². The molecule has 0 spiro atoms. The van der Waals surface area contributed by atoms with Crippen LogP contribution in [0.2, 0.25) is 0 Å². The van der Waals surface area contributed by atoms with Crippen molar-refractivity contribution in [2.75, 3.05) is 32.9 Å². The van der Waals surface area contributed by atoms with Gasteiger partial charge in [-0.2, -0.15) is 0 Å². The molecule has 1 amide bonds. The number of likely N-dealkylation sites (tertiary alicyclic amines) is 1. The van der Waals surface area contributed by atoms with Crippen molar-refractivity contribution in [1.29, 1.82) is 0 Å². The van der Waals surface area contributed by atoms with E-state index in [0.717, 1.165) is 30.4 Å². The van der Waals surface area contributed by atoms with E-state index in [1.54, 1.807) is 6.07 Å². The lowest BCUT2D eigenvalue weighted by Crippen LogP contribution is -2.44. The molecular formula is C14H20BrN3O. The summed E-state index contributed by atoms with van der Waals surface area (Å²) >= 11 is 3.34. The van der Waals surface area contributed by atoms with E-state index in [2.05, 4.69) is 34.9 Å². The average molecular weight is 326 g/mol. The molecule has 0 aromatic heterocycles. The molecule has 2 N–H and O–H groups in total. The van der Waals surface area contributed by atoms with Gasteiger partial charge in [0.1, 0.15) is 0 Å². The zero-order valence-corrected chi connectivity index (χ0v) is 13.0. The minimum Gasteiger partial charge on any atom is -0.398 e. The number of amides is 1. The molecule has 1 fully saturated rings. The quantitative estimate of drug-likeness (QED) is 0.848. The van der Waals surface area contributed by atoms with E-state index >= 15 is 0 Å². The lowest BCUT2D eigenvalue weighted by Gasteiger charge is -2.35. The topological polar surface area (TPSA) is 49.6 Å². The molecule has 104 valence electrons. The van der Waals surface area contributed by atoms with Gasteiger partial charge in [-0.05, 0) is 61.1 Å². The first-order valence-corrected chi connectivity index (χ1v) is 7.29. The van der Waals surface area contributed by atoms with Crippen LogP contribution in [0.4, 0.5) is 5.69 Å². The molecule has 0 saturated carbocycles. The number of piperidine rings is 1. The van der Waals surface area contributed by atoms with Crippen molar-refractivity contribution in [1.82, 2.24) is 9.80 Å². The van der Waals surface area contributed by atoms with Crippen molar-refractivity contribution in [3.8, 4) is 0 Å². The fraction of sp³-hybridized carbons (Fsp3) is 0.500. The van der Waals surface area contributed by atoms with Crippen LogP contribution in [0.3, 0.4) is 0 Å². The SMILES string of the molecule is CN(C)C1CCN(C(=O)c2ccc(Br)c(N)c2)CC1. The third-order valence-corrected chi connectivity index (χ3v) is 4.45. The van der Waals surface area contributed by atoms with Gasteiger partial charge in [-0.15, -0.1) is 0 Å². The Morgan fingerprint density at radius 1 is 1.37 bits per heavy atom. The first-order valence-electron chi connectivity index (χ1n) is 6.50. The van der Waals surface area contributed by atoms with E-state index in [1.807, 2.05) is 17.0 Å². The number of hydrogen-bond acceptors (Lipinski definition) is 3. The molecule has 0 atom stereocenters. The van der Waals surface area contributed by atoms with Crippen LogP contribution >= 0.6 is 15.9 Å². The Morgan fingerprint density at radius 2 is 2.00 bits per heavy atom.